The Kier molecular flexibility index (Phi) is 2.15. The number of rotatable bonds is 0. The zero-order valence-electron chi connectivity index (χ0n) is 7.86. The van der Waals surface area contributed by atoms with Gasteiger partial charge in [0.05, 0.1) is 0 Å². The summed E-state index contributed by atoms with van der Waals surface area (Å²) >= 11 is 5.67. The molecule has 1 aromatic carbocycles. The topological polar surface area (TPSA) is 9.23 Å². The Morgan fingerprint density at radius 1 is 1.40 bits per heavy atom. The molecule has 1 nitrogen and oxygen atoms in total. The standard InChI is InChI=1S/C10H8ClF3O/c1-9(10(12,13)14)5-6-2-3-7(11)4-8(6)15-9/h2-4H,5H2,1H3. The third-order valence-corrected chi connectivity index (χ3v) is 2.73. The van der Waals surface area contributed by atoms with Gasteiger partial charge in [0, 0.05) is 11.4 Å². The maximum absolute atomic E-state index is 12.7. The third-order valence-electron chi connectivity index (χ3n) is 2.49. The first kappa shape index (κ1) is 10.6. The van der Waals surface area contributed by atoms with Crippen molar-refractivity contribution >= 4 is 11.6 Å². The fourth-order valence-electron chi connectivity index (χ4n) is 1.57. The van der Waals surface area contributed by atoms with Crippen molar-refractivity contribution in [2.24, 2.45) is 0 Å². The Bertz CT molecular complexity index is 402. The summed E-state index contributed by atoms with van der Waals surface area (Å²) in [6.07, 6.45) is -4.54. The van der Waals surface area contributed by atoms with E-state index in [2.05, 4.69) is 0 Å². The normalized spacial score (nSPS) is 24.9. The summed E-state index contributed by atoms with van der Waals surface area (Å²) in [7, 11) is 0. The van der Waals surface area contributed by atoms with Crippen molar-refractivity contribution < 1.29 is 17.9 Å². The Morgan fingerprint density at radius 2 is 2.07 bits per heavy atom. The first-order valence-corrected chi connectivity index (χ1v) is 4.74. The van der Waals surface area contributed by atoms with Gasteiger partial charge in [0.25, 0.3) is 0 Å². The van der Waals surface area contributed by atoms with E-state index in [0.717, 1.165) is 6.92 Å². The lowest BCUT2D eigenvalue weighted by Crippen LogP contribution is -2.46. The molecular weight excluding hydrogens is 229 g/mol. The lowest BCUT2D eigenvalue weighted by molar-refractivity contribution is -0.235. The van der Waals surface area contributed by atoms with Crippen molar-refractivity contribution in [2.75, 3.05) is 0 Å². The molecule has 0 fully saturated rings. The van der Waals surface area contributed by atoms with Crippen LogP contribution in [0.1, 0.15) is 12.5 Å². The van der Waals surface area contributed by atoms with Gasteiger partial charge in [0.1, 0.15) is 5.75 Å². The van der Waals surface area contributed by atoms with E-state index < -0.39 is 11.8 Å². The van der Waals surface area contributed by atoms with Gasteiger partial charge in [0.2, 0.25) is 5.60 Å². The van der Waals surface area contributed by atoms with Crippen LogP contribution in [0.25, 0.3) is 0 Å². The zero-order chi connectivity index (χ0) is 11.3. The van der Waals surface area contributed by atoms with E-state index >= 15 is 0 Å². The first-order chi connectivity index (χ1) is 6.82. The van der Waals surface area contributed by atoms with Crippen molar-refractivity contribution in [1.82, 2.24) is 0 Å². The molecule has 0 saturated heterocycles. The van der Waals surface area contributed by atoms with Gasteiger partial charge in [0.15, 0.2) is 0 Å². The second-order valence-corrected chi connectivity index (χ2v) is 4.20. The molecule has 0 N–H and O–H groups in total. The maximum Gasteiger partial charge on any atom is 0.428 e. The van der Waals surface area contributed by atoms with Gasteiger partial charge in [-0.2, -0.15) is 13.2 Å². The van der Waals surface area contributed by atoms with E-state index in [1.165, 1.54) is 6.07 Å². The van der Waals surface area contributed by atoms with E-state index in [1.54, 1.807) is 12.1 Å². The molecule has 1 aliphatic heterocycles. The van der Waals surface area contributed by atoms with Gasteiger partial charge in [-0.05, 0) is 24.6 Å². The van der Waals surface area contributed by atoms with E-state index in [4.69, 9.17) is 16.3 Å². The lowest BCUT2D eigenvalue weighted by atomic mass is 9.99. The summed E-state index contributed by atoms with van der Waals surface area (Å²) in [6, 6.07) is 4.54. The van der Waals surface area contributed by atoms with E-state index in [9.17, 15) is 13.2 Å². The Morgan fingerprint density at radius 3 is 2.67 bits per heavy atom. The van der Waals surface area contributed by atoms with Gasteiger partial charge in [-0.25, -0.2) is 0 Å². The summed E-state index contributed by atoms with van der Waals surface area (Å²) in [5.74, 6) is 0.224. The molecule has 0 radical (unpaired) electrons. The summed E-state index contributed by atoms with van der Waals surface area (Å²) in [6.45, 7) is 1.04. The third kappa shape index (κ3) is 1.67. The molecule has 1 atom stereocenters. The van der Waals surface area contributed by atoms with Gasteiger partial charge < -0.3 is 4.74 Å². The predicted octanol–water partition coefficient (Wildman–Crippen LogP) is 3.60. The van der Waals surface area contributed by atoms with Crippen LogP contribution >= 0.6 is 11.6 Å². The van der Waals surface area contributed by atoms with Crippen molar-refractivity contribution in [3.05, 3.63) is 28.8 Å². The van der Waals surface area contributed by atoms with Crippen LogP contribution in [0, 0.1) is 0 Å². The zero-order valence-corrected chi connectivity index (χ0v) is 8.62. The lowest BCUT2D eigenvalue weighted by Gasteiger charge is -2.26. The molecule has 2 rings (SSSR count). The Hall–Kier alpha value is -0.900. The second-order valence-electron chi connectivity index (χ2n) is 3.76. The van der Waals surface area contributed by atoms with E-state index in [1.807, 2.05) is 0 Å². The number of hydrogen-bond donors (Lipinski definition) is 0. The summed E-state index contributed by atoms with van der Waals surface area (Å²) in [4.78, 5) is 0. The highest BCUT2D eigenvalue weighted by Gasteiger charge is 2.56. The highest BCUT2D eigenvalue weighted by molar-refractivity contribution is 6.30. The summed E-state index contributed by atoms with van der Waals surface area (Å²) in [5, 5.41) is 0.375. The number of benzene rings is 1. The van der Waals surface area contributed by atoms with Crippen molar-refractivity contribution in [3.63, 3.8) is 0 Å². The van der Waals surface area contributed by atoms with Crippen LogP contribution in [-0.4, -0.2) is 11.8 Å². The maximum atomic E-state index is 12.7. The van der Waals surface area contributed by atoms with Crippen molar-refractivity contribution in [1.29, 1.82) is 0 Å². The number of ether oxygens (including phenoxy) is 1. The number of fused-ring (bicyclic) bond motifs is 1. The molecule has 0 amide bonds. The van der Waals surface area contributed by atoms with Crippen LogP contribution in [-0.2, 0) is 6.42 Å². The van der Waals surface area contributed by atoms with Crippen LogP contribution in [0.4, 0.5) is 13.2 Å². The van der Waals surface area contributed by atoms with Crippen molar-refractivity contribution in [3.8, 4) is 5.75 Å². The molecule has 1 aliphatic rings. The minimum Gasteiger partial charge on any atom is -0.477 e. The quantitative estimate of drug-likeness (QED) is 0.669. The van der Waals surface area contributed by atoms with Crippen LogP contribution in [0.3, 0.4) is 0 Å². The molecule has 0 bridgehead atoms. The van der Waals surface area contributed by atoms with Crippen LogP contribution in [0.2, 0.25) is 5.02 Å². The van der Waals surface area contributed by atoms with Crippen LogP contribution in [0.5, 0.6) is 5.75 Å². The Labute approximate surface area is 89.8 Å². The SMILES string of the molecule is CC1(C(F)(F)F)Cc2ccc(Cl)cc2O1. The molecular formula is C10H8ClF3O. The largest absolute Gasteiger partial charge is 0.477 e. The molecule has 0 aliphatic carbocycles. The average Bonchev–Trinajstić information content (AvgIpc) is 2.40. The van der Waals surface area contributed by atoms with Gasteiger partial charge in [-0.3, -0.25) is 0 Å². The second kappa shape index (κ2) is 3.04. The molecule has 0 spiro atoms. The number of alkyl halides is 3. The minimum absolute atomic E-state index is 0.164. The highest BCUT2D eigenvalue weighted by Crippen LogP contribution is 2.44. The van der Waals surface area contributed by atoms with Gasteiger partial charge >= 0.3 is 6.18 Å². The monoisotopic (exact) mass is 236 g/mol. The van der Waals surface area contributed by atoms with Gasteiger partial charge in [-0.1, -0.05) is 17.7 Å². The fourth-order valence-corrected chi connectivity index (χ4v) is 1.73. The molecule has 0 aromatic heterocycles. The molecule has 5 heteroatoms. The highest BCUT2D eigenvalue weighted by atomic mass is 35.5. The Balaban J connectivity index is 2.37. The molecule has 82 valence electrons. The van der Waals surface area contributed by atoms with E-state index in [0.29, 0.717) is 10.6 Å². The number of halogens is 4. The van der Waals surface area contributed by atoms with Gasteiger partial charge in [-0.15, -0.1) is 0 Å². The summed E-state index contributed by atoms with van der Waals surface area (Å²) < 4.78 is 42.9. The molecule has 1 unspecified atom stereocenters. The summed E-state index contributed by atoms with van der Waals surface area (Å²) in [5.41, 5.74) is -1.58. The molecule has 15 heavy (non-hydrogen) atoms. The molecule has 0 saturated carbocycles. The molecule has 1 heterocycles. The van der Waals surface area contributed by atoms with E-state index in [-0.39, 0.29) is 12.2 Å². The fraction of sp³-hybridized carbons (Fsp3) is 0.400. The van der Waals surface area contributed by atoms with Crippen molar-refractivity contribution in [2.45, 2.75) is 25.1 Å². The molecule has 1 aromatic rings. The average molecular weight is 237 g/mol. The predicted molar refractivity (Wildman–Crippen MR) is 50.2 cm³/mol. The number of hydrogen-bond acceptors (Lipinski definition) is 1. The van der Waals surface area contributed by atoms with Crippen LogP contribution in [0.15, 0.2) is 18.2 Å². The smallest absolute Gasteiger partial charge is 0.428 e. The minimum atomic E-state index is -4.38. The van der Waals surface area contributed by atoms with Crippen LogP contribution < -0.4 is 4.74 Å². The first-order valence-electron chi connectivity index (χ1n) is 4.36.